The first-order valence-corrected chi connectivity index (χ1v) is 23.8. The van der Waals surface area contributed by atoms with Crippen molar-refractivity contribution in [2.75, 3.05) is 4.90 Å². The van der Waals surface area contributed by atoms with Crippen molar-refractivity contribution in [3.63, 3.8) is 0 Å². The van der Waals surface area contributed by atoms with E-state index in [0.717, 1.165) is 22.7 Å². The average molecular weight is 878 g/mol. The summed E-state index contributed by atoms with van der Waals surface area (Å²) in [6, 6.07) is 95.4. The van der Waals surface area contributed by atoms with Crippen LogP contribution in [0.4, 0.5) is 17.1 Å². The molecular formula is C66H43N3. The summed E-state index contributed by atoms with van der Waals surface area (Å²) >= 11 is 0. The van der Waals surface area contributed by atoms with Gasteiger partial charge in [0.1, 0.15) is 0 Å². The molecule has 0 N–H and O–H groups in total. The van der Waals surface area contributed by atoms with Crippen LogP contribution in [0.1, 0.15) is 0 Å². The Morgan fingerprint density at radius 2 is 0.551 bits per heavy atom. The zero-order valence-electron chi connectivity index (χ0n) is 37.7. The number of fused-ring (bicyclic) bond motifs is 12. The van der Waals surface area contributed by atoms with E-state index in [1.54, 1.807) is 0 Å². The molecule has 0 bridgehead atoms. The summed E-state index contributed by atoms with van der Waals surface area (Å²) in [6.07, 6.45) is 0. The minimum absolute atomic E-state index is 1.10. The molecule has 0 atom stereocenters. The molecule has 0 amide bonds. The van der Waals surface area contributed by atoms with Crippen LogP contribution in [0, 0.1) is 0 Å². The summed E-state index contributed by atoms with van der Waals surface area (Å²) in [4.78, 5) is 2.38. The largest absolute Gasteiger partial charge is 0.310 e. The Balaban J connectivity index is 0.890. The van der Waals surface area contributed by atoms with Gasteiger partial charge in [-0.15, -0.1) is 0 Å². The van der Waals surface area contributed by atoms with Crippen LogP contribution < -0.4 is 4.90 Å². The molecule has 0 saturated heterocycles. The third-order valence-electron chi connectivity index (χ3n) is 14.3. The summed E-state index contributed by atoms with van der Waals surface area (Å²) in [7, 11) is 0. The molecule has 12 aromatic carbocycles. The Morgan fingerprint density at radius 1 is 0.203 bits per heavy atom. The number of nitrogens with zero attached hydrogens (tertiary/aromatic N) is 3. The first kappa shape index (κ1) is 39.0. The van der Waals surface area contributed by atoms with Crippen LogP contribution in [0.5, 0.6) is 0 Å². The van der Waals surface area contributed by atoms with Gasteiger partial charge in [-0.3, -0.25) is 0 Å². The summed E-state index contributed by atoms with van der Waals surface area (Å²) in [5, 5.41) is 12.6. The molecule has 14 aromatic rings. The van der Waals surface area contributed by atoms with Gasteiger partial charge >= 0.3 is 0 Å². The van der Waals surface area contributed by atoms with Gasteiger partial charge in [0.2, 0.25) is 0 Å². The first-order chi connectivity index (χ1) is 34.2. The van der Waals surface area contributed by atoms with Crippen molar-refractivity contribution >= 4 is 93.0 Å². The highest BCUT2D eigenvalue weighted by Crippen LogP contribution is 2.43. The summed E-state index contributed by atoms with van der Waals surface area (Å²) < 4.78 is 4.79. The highest BCUT2D eigenvalue weighted by Gasteiger charge is 2.19. The van der Waals surface area contributed by atoms with E-state index < -0.39 is 0 Å². The molecule has 69 heavy (non-hydrogen) atoms. The molecule has 3 heteroatoms. The van der Waals surface area contributed by atoms with E-state index >= 15 is 0 Å². The third kappa shape index (κ3) is 6.29. The molecule has 0 fully saturated rings. The van der Waals surface area contributed by atoms with E-state index in [0.29, 0.717) is 0 Å². The number of anilines is 3. The van der Waals surface area contributed by atoms with Crippen LogP contribution in [-0.4, -0.2) is 9.13 Å². The predicted octanol–water partition coefficient (Wildman–Crippen LogP) is 18.1. The molecule has 0 aliphatic carbocycles. The zero-order chi connectivity index (χ0) is 45.4. The monoisotopic (exact) mass is 877 g/mol. The van der Waals surface area contributed by atoms with Crippen LogP contribution in [-0.2, 0) is 0 Å². The minimum Gasteiger partial charge on any atom is -0.310 e. The molecule has 3 nitrogen and oxygen atoms in total. The lowest BCUT2D eigenvalue weighted by Gasteiger charge is -2.26. The van der Waals surface area contributed by atoms with E-state index in [1.807, 2.05) is 0 Å². The van der Waals surface area contributed by atoms with Crippen LogP contribution in [0.2, 0.25) is 0 Å². The fourth-order valence-electron chi connectivity index (χ4n) is 11.1. The number of rotatable bonds is 7. The van der Waals surface area contributed by atoms with Crippen molar-refractivity contribution in [3.05, 3.63) is 261 Å². The molecule has 0 aliphatic heterocycles. The summed E-state index contributed by atoms with van der Waals surface area (Å²) in [5.74, 6) is 0. The van der Waals surface area contributed by atoms with Crippen LogP contribution in [0.25, 0.3) is 110 Å². The van der Waals surface area contributed by atoms with Gasteiger partial charge in [-0.2, -0.15) is 0 Å². The van der Waals surface area contributed by atoms with E-state index in [1.165, 1.54) is 104 Å². The Bertz CT molecular complexity index is 4250. The topological polar surface area (TPSA) is 13.1 Å². The van der Waals surface area contributed by atoms with Gasteiger partial charge in [0.05, 0.1) is 22.1 Å². The molecule has 0 spiro atoms. The molecule has 14 rings (SSSR count). The Hall–Kier alpha value is -9.18. The number of aromatic nitrogens is 2. The maximum absolute atomic E-state index is 2.41. The van der Waals surface area contributed by atoms with Crippen molar-refractivity contribution in [1.82, 2.24) is 9.13 Å². The fourth-order valence-corrected chi connectivity index (χ4v) is 11.1. The maximum atomic E-state index is 2.41. The highest BCUT2D eigenvalue weighted by atomic mass is 15.1. The van der Waals surface area contributed by atoms with Gasteiger partial charge in [-0.25, -0.2) is 0 Å². The SMILES string of the molecule is c1ccc(N(c2ccc(-c3ccc4c(c3)c3cc(-c5ccc6c(c5)c5ccccc5n6-c5ccccc5)ccc3n4-c3ccccc3)cc2)c2ccc3c4ccccc4c4ccccc4c3c2)cc1. The average Bonchev–Trinajstić information content (AvgIpc) is 3.94. The van der Waals surface area contributed by atoms with E-state index in [2.05, 4.69) is 275 Å². The van der Waals surface area contributed by atoms with Gasteiger partial charge in [0, 0.05) is 50.0 Å². The van der Waals surface area contributed by atoms with Crippen molar-refractivity contribution in [3.8, 4) is 33.6 Å². The summed E-state index contributed by atoms with van der Waals surface area (Å²) in [6.45, 7) is 0. The Labute approximate surface area is 399 Å². The van der Waals surface area contributed by atoms with Gasteiger partial charge < -0.3 is 14.0 Å². The van der Waals surface area contributed by atoms with Crippen molar-refractivity contribution < 1.29 is 0 Å². The third-order valence-corrected chi connectivity index (χ3v) is 14.3. The summed E-state index contributed by atoms with van der Waals surface area (Å²) in [5.41, 5.74) is 15.2. The van der Waals surface area contributed by atoms with Crippen molar-refractivity contribution in [2.45, 2.75) is 0 Å². The van der Waals surface area contributed by atoms with Crippen LogP contribution in [0.15, 0.2) is 261 Å². The Morgan fingerprint density at radius 3 is 1.07 bits per heavy atom. The zero-order valence-corrected chi connectivity index (χ0v) is 37.7. The normalized spacial score (nSPS) is 11.8. The first-order valence-electron chi connectivity index (χ1n) is 23.8. The van der Waals surface area contributed by atoms with Crippen molar-refractivity contribution in [1.29, 1.82) is 0 Å². The van der Waals surface area contributed by atoms with Gasteiger partial charge in [-0.1, -0.05) is 158 Å². The van der Waals surface area contributed by atoms with Gasteiger partial charge in [0.15, 0.2) is 0 Å². The van der Waals surface area contributed by atoms with Crippen LogP contribution >= 0.6 is 0 Å². The lowest BCUT2D eigenvalue weighted by atomic mass is 9.94. The lowest BCUT2D eigenvalue weighted by molar-refractivity contribution is 1.18. The molecule has 0 unspecified atom stereocenters. The molecule has 2 aromatic heterocycles. The second-order valence-electron chi connectivity index (χ2n) is 18.1. The molecule has 322 valence electrons. The number of benzene rings is 12. The number of hydrogen-bond donors (Lipinski definition) is 0. The number of para-hydroxylation sites is 4. The standard InChI is InChI=1S/C66H43N3/c1-4-16-48(17-5-1)67(52-35-36-57-55-24-11-10-22-53(55)54-23-12-13-25-56(54)59(57)43-52)51-33-28-44(29-34-51)45-30-37-65-61(40-45)62-42-47(32-39-66(62)69(65)50-20-8-3-9-21-50)46-31-38-64-60(41-46)58-26-14-15-27-63(58)68(64)49-18-6-2-7-19-49/h1-43H. The van der Waals surface area contributed by atoms with E-state index in [-0.39, 0.29) is 0 Å². The molecule has 0 aliphatic rings. The quantitative estimate of drug-likeness (QED) is 0.145. The predicted molar refractivity (Wildman–Crippen MR) is 293 cm³/mol. The van der Waals surface area contributed by atoms with Crippen molar-refractivity contribution in [2.24, 2.45) is 0 Å². The second-order valence-corrected chi connectivity index (χ2v) is 18.1. The van der Waals surface area contributed by atoms with E-state index in [4.69, 9.17) is 0 Å². The lowest BCUT2D eigenvalue weighted by Crippen LogP contribution is -2.09. The van der Waals surface area contributed by atoms with E-state index in [9.17, 15) is 0 Å². The molecule has 0 radical (unpaired) electrons. The molecular weight excluding hydrogens is 835 g/mol. The molecule has 0 saturated carbocycles. The Kier molecular flexibility index (Phi) is 8.90. The van der Waals surface area contributed by atoms with Crippen LogP contribution in [0.3, 0.4) is 0 Å². The highest BCUT2D eigenvalue weighted by molar-refractivity contribution is 6.26. The fraction of sp³-hybridized carbons (Fsp3) is 0. The maximum Gasteiger partial charge on any atom is 0.0541 e. The van der Waals surface area contributed by atoms with Gasteiger partial charge in [-0.05, 0) is 158 Å². The minimum atomic E-state index is 1.10. The smallest absolute Gasteiger partial charge is 0.0541 e. The molecule has 2 heterocycles. The number of hydrogen-bond acceptors (Lipinski definition) is 1. The van der Waals surface area contributed by atoms with Gasteiger partial charge in [0.25, 0.3) is 0 Å². The second kappa shape index (κ2) is 15.7.